The first-order valence-electron chi connectivity index (χ1n) is 3.69. The van der Waals surface area contributed by atoms with Crippen molar-refractivity contribution < 1.29 is 4.42 Å². The molecule has 5 heteroatoms. The second kappa shape index (κ2) is 3.49. The molecule has 0 saturated carbocycles. The van der Waals surface area contributed by atoms with Gasteiger partial charge in [-0.3, -0.25) is 0 Å². The van der Waals surface area contributed by atoms with Crippen molar-refractivity contribution in [2.75, 3.05) is 0 Å². The van der Waals surface area contributed by atoms with Crippen molar-refractivity contribution in [1.29, 1.82) is 0 Å². The molecule has 2 rings (SSSR count). The van der Waals surface area contributed by atoms with Crippen molar-refractivity contribution >= 4 is 22.9 Å². The Balaban J connectivity index is 2.45. The molecule has 13 heavy (non-hydrogen) atoms. The van der Waals surface area contributed by atoms with Gasteiger partial charge < -0.3 is 10.2 Å². The number of aromatic nitrogens is 1. The molecule has 0 unspecified atom stereocenters. The Bertz CT molecular complexity index is 410. The monoisotopic (exact) mass is 214 g/mol. The molecule has 0 aliphatic carbocycles. The van der Waals surface area contributed by atoms with Gasteiger partial charge in [0.1, 0.15) is 11.5 Å². The van der Waals surface area contributed by atoms with Gasteiger partial charge in [-0.1, -0.05) is 11.6 Å². The van der Waals surface area contributed by atoms with Gasteiger partial charge >= 0.3 is 0 Å². The number of hydrogen-bond acceptors (Lipinski definition) is 4. The van der Waals surface area contributed by atoms with E-state index in [4.69, 9.17) is 21.8 Å². The van der Waals surface area contributed by atoms with E-state index in [1.54, 1.807) is 0 Å². The van der Waals surface area contributed by atoms with Gasteiger partial charge in [0.2, 0.25) is 0 Å². The molecule has 0 fully saturated rings. The Labute approximate surface area is 84.2 Å². The minimum atomic E-state index is 0.352. The van der Waals surface area contributed by atoms with Crippen molar-refractivity contribution in [2.24, 2.45) is 5.73 Å². The first kappa shape index (κ1) is 8.74. The molecule has 0 aliphatic rings. The van der Waals surface area contributed by atoms with E-state index in [1.165, 1.54) is 17.7 Å². The lowest BCUT2D eigenvalue weighted by Crippen LogP contribution is -1.95. The third-order valence-electron chi connectivity index (χ3n) is 1.63. The van der Waals surface area contributed by atoms with Crippen molar-refractivity contribution in [1.82, 2.24) is 4.98 Å². The lowest BCUT2D eigenvalue weighted by atomic mass is 10.3. The average Bonchev–Trinajstić information content (AvgIpc) is 2.71. The largest absolute Gasteiger partial charge is 0.446 e. The molecular weight excluding hydrogens is 208 g/mol. The standard InChI is InChI=1S/C8H7ClN2OS/c9-7-2-1-6(13-7)8-5(3-10)12-4-11-8/h1-2,4H,3,10H2. The molecule has 0 amide bonds. The zero-order valence-electron chi connectivity index (χ0n) is 6.66. The molecule has 0 spiro atoms. The van der Waals surface area contributed by atoms with Crippen LogP contribution in [0, 0.1) is 0 Å². The van der Waals surface area contributed by atoms with Crippen molar-refractivity contribution in [3.63, 3.8) is 0 Å². The van der Waals surface area contributed by atoms with Gasteiger partial charge in [0.25, 0.3) is 0 Å². The number of hydrogen-bond donors (Lipinski definition) is 1. The summed E-state index contributed by atoms with van der Waals surface area (Å²) in [5.74, 6) is 0.693. The van der Waals surface area contributed by atoms with E-state index in [0.29, 0.717) is 12.3 Å². The SMILES string of the molecule is NCc1ocnc1-c1ccc(Cl)s1. The van der Waals surface area contributed by atoms with Gasteiger partial charge in [-0.05, 0) is 12.1 Å². The predicted molar refractivity (Wildman–Crippen MR) is 52.7 cm³/mol. The van der Waals surface area contributed by atoms with Crippen LogP contribution in [0.4, 0.5) is 0 Å². The van der Waals surface area contributed by atoms with Gasteiger partial charge in [-0.2, -0.15) is 0 Å². The summed E-state index contributed by atoms with van der Waals surface area (Å²) in [6, 6.07) is 3.74. The molecule has 0 bridgehead atoms. The third kappa shape index (κ3) is 1.60. The summed E-state index contributed by atoms with van der Waals surface area (Å²) in [4.78, 5) is 5.06. The second-order valence-electron chi connectivity index (χ2n) is 2.43. The normalized spacial score (nSPS) is 10.6. The molecule has 3 nitrogen and oxygen atoms in total. The van der Waals surface area contributed by atoms with Crippen LogP contribution in [0.15, 0.2) is 22.9 Å². The highest BCUT2D eigenvalue weighted by Gasteiger charge is 2.10. The maximum Gasteiger partial charge on any atom is 0.181 e. The van der Waals surface area contributed by atoms with E-state index in [9.17, 15) is 0 Å². The van der Waals surface area contributed by atoms with E-state index < -0.39 is 0 Å². The van der Waals surface area contributed by atoms with Crippen LogP contribution in [0.25, 0.3) is 10.6 Å². The fraction of sp³-hybridized carbons (Fsp3) is 0.125. The van der Waals surface area contributed by atoms with E-state index in [2.05, 4.69) is 4.98 Å². The molecule has 2 heterocycles. The maximum absolute atomic E-state index is 5.80. The fourth-order valence-electron chi connectivity index (χ4n) is 1.06. The maximum atomic E-state index is 5.80. The Morgan fingerprint density at radius 3 is 3.00 bits per heavy atom. The van der Waals surface area contributed by atoms with Crippen molar-refractivity contribution in [2.45, 2.75) is 6.54 Å². The molecule has 0 atom stereocenters. The molecule has 2 aromatic heterocycles. The van der Waals surface area contributed by atoms with Gasteiger partial charge in [-0.25, -0.2) is 4.98 Å². The average molecular weight is 215 g/mol. The van der Waals surface area contributed by atoms with Gasteiger partial charge in [0, 0.05) is 0 Å². The number of oxazole rings is 1. The zero-order valence-corrected chi connectivity index (χ0v) is 8.23. The van der Waals surface area contributed by atoms with E-state index in [0.717, 1.165) is 14.9 Å². The van der Waals surface area contributed by atoms with Crippen LogP contribution in [-0.4, -0.2) is 4.98 Å². The van der Waals surface area contributed by atoms with Crippen molar-refractivity contribution in [3.8, 4) is 10.6 Å². The third-order valence-corrected chi connectivity index (χ3v) is 2.87. The fourth-order valence-corrected chi connectivity index (χ4v) is 2.12. The number of halogens is 1. The zero-order chi connectivity index (χ0) is 9.26. The summed E-state index contributed by atoms with van der Waals surface area (Å²) < 4.78 is 5.84. The number of thiophene rings is 1. The van der Waals surface area contributed by atoms with Crippen molar-refractivity contribution in [3.05, 3.63) is 28.6 Å². The topological polar surface area (TPSA) is 52.0 Å². The molecule has 2 N–H and O–H groups in total. The van der Waals surface area contributed by atoms with Crippen LogP contribution in [0.3, 0.4) is 0 Å². The van der Waals surface area contributed by atoms with Gasteiger partial charge in [0.15, 0.2) is 6.39 Å². The summed E-state index contributed by atoms with van der Waals surface area (Å²) in [7, 11) is 0. The summed E-state index contributed by atoms with van der Waals surface area (Å²) in [5, 5.41) is 0. The number of rotatable bonds is 2. The lowest BCUT2D eigenvalue weighted by molar-refractivity contribution is 0.507. The van der Waals surface area contributed by atoms with Crippen LogP contribution in [0.2, 0.25) is 4.34 Å². The Hall–Kier alpha value is -0.840. The van der Waals surface area contributed by atoms with E-state index >= 15 is 0 Å². The second-order valence-corrected chi connectivity index (χ2v) is 4.15. The smallest absolute Gasteiger partial charge is 0.181 e. The molecule has 2 aromatic rings. The minimum absolute atomic E-state index is 0.352. The van der Waals surface area contributed by atoms with Gasteiger partial charge in [0.05, 0.1) is 15.8 Å². The van der Waals surface area contributed by atoms with Crippen LogP contribution in [0.1, 0.15) is 5.76 Å². The molecule has 68 valence electrons. The highest BCUT2D eigenvalue weighted by atomic mass is 35.5. The van der Waals surface area contributed by atoms with Crippen LogP contribution >= 0.6 is 22.9 Å². The molecule has 0 saturated heterocycles. The summed E-state index contributed by atoms with van der Waals surface area (Å²) in [6.45, 7) is 0.352. The lowest BCUT2D eigenvalue weighted by Gasteiger charge is -1.92. The van der Waals surface area contributed by atoms with Crippen LogP contribution in [0.5, 0.6) is 0 Å². The van der Waals surface area contributed by atoms with E-state index in [-0.39, 0.29) is 0 Å². The minimum Gasteiger partial charge on any atom is -0.446 e. The number of nitrogens with zero attached hydrogens (tertiary/aromatic N) is 1. The molecule has 0 aromatic carbocycles. The number of nitrogens with two attached hydrogens (primary N) is 1. The summed E-state index contributed by atoms with van der Waals surface area (Å²) in [6.07, 6.45) is 1.39. The Morgan fingerprint density at radius 2 is 2.38 bits per heavy atom. The molecule has 0 aliphatic heterocycles. The van der Waals surface area contributed by atoms with E-state index in [1.807, 2.05) is 12.1 Å². The highest BCUT2D eigenvalue weighted by molar-refractivity contribution is 7.19. The summed E-state index contributed by atoms with van der Waals surface area (Å²) in [5.41, 5.74) is 6.27. The first-order valence-corrected chi connectivity index (χ1v) is 4.89. The van der Waals surface area contributed by atoms with Crippen LogP contribution in [-0.2, 0) is 6.54 Å². The molecule has 0 radical (unpaired) electrons. The molecular formula is C8H7ClN2OS. The highest BCUT2D eigenvalue weighted by Crippen LogP contribution is 2.31. The predicted octanol–water partition coefficient (Wildman–Crippen LogP) is 2.52. The Morgan fingerprint density at radius 1 is 1.54 bits per heavy atom. The summed E-state index contributed by atoms with van der Waals surface area (Å²) >= 11 is 7.26. The Kier molecular flexibility index (Phi) is 2.35. The first-order chi connectivity index (χ1) is 6.31. The van der Waals surface area contributed by atoms with Gasteiger partial charge in [-0.15, -0.1) is 11.3 Å². The quantitative estimate of drug-likeness (QED) is 0.836. The van der Waals surface area contributed by atoms with Crippen LogP contribution < -0.4 is 5.73 Å².